The standard InChI is InChI=1S/C13H18O3S/c1-2-3-7-13(14)10-8-11-5-4-6-12(9-10)17(11,15)16/h1,10-12H,3-9H2. The van der Waals surface area contributed by atoms with Crippen LogP contribution in [0.1, 0.15) is 44.9 Å². The van der Waals surface area contributed by atoms with E-state index in [9.17, 15) is 13.2 Å². The van der Waals surface area contributed by atoms with Crippen LogP contribution in [-0.2, 0) is 14.6 Å². The second-order valence-electron chi connectivity index (χ2n) is 5.10. The molecule has 2 aliphatic rings. The van der Waals surface area contributed by atoms with Gasteiger partial charge < -0.3 is 0 Å². The highest BCUT2D eigenvalue weighted by atomic mass is 32.2. The molecule has 0 amide bonds. The zero-order valence-corrected chi connectivity index (χ0v) is 10.7. The summed E-state index contributed by atoms with van der Waals surface area (Å²) in [6.07, 6.45) is 9.53. The molecule has 94 valence electrons. The third-order valence-corrected chi connectivity index (χ3v) is 6.76. The molecule has 2 aliphatic heterocycles. The van der Waals surface area contributed by atoms with Gasteiger partial charge in [-0.2, -0.15) is 0 Å². The van der Waals surface area contributed by atoms with E-state index in [1.54, 1.807) is 0 Å². The Balaban J connectivity index is 2.07. The van der Waals surface area contributed by atoms with Crippen molar-refractivity contribution in [2.24, 2.45) is 5.92 Å². The van der Waals surface area contributed by atoms with Gasteiger partial charge in [0, 0.05) is 18.8 Å². The lowest BCUT2D eigenvalue weighted by atomic mass is 9.85. The van der Waals surface area contributed by atoms with E-state index < -0.39 is 9.84 Å². The monoisotopic (exact) mass is 254 g/mol. The molecule has 2 bridgehead atoms. The lowest BCUT2D eigenvalue weighted by Crippen LogP contribution is -2.45. The maximum absolute atomic E-state index is 12.0. The minimum Gasteiger partial charge on any atom is -0.299 e. The summed E-state index contributed by atoms with van der Waals surface area (Å²) in [6, 6.07) is 0. The van der Waals surface area contributed by atoms with Gasteiger partial charge in [-0.1, -0.05) is 6.42 Å². The average Bonchev–Trinajstić information content (AvgIpc) is 2.24. The zero-order valence-electron chi connectivity index (χ0n) is 9.89. The molecule has 0 N–H and O–H groups in total. The third kappa shape index (κ3) is 2.40. The lowest BCUT2D eigenvalue weighted by Gasteiger charge is -2.38. The van der Waals surface area contributed by atoms with Crippen LogP contribution in [0.15, 0.2) is 0 Å². The molecule has 2 fully saturated rings. The van der Waals surface area contributed by atoms with Crippen molar-refractivity contribution in [2.75, 3.05) is 0 Å². The minimum absolute atomic E-state index is 0.0674. The van der Waals surface area contributed by atoms with Crippen molar-refractivity contribution in [3.8, 4) is 12.3 Å². The Morgan fingerprint density at radius 3 is 2.35 bits per heavy atom. The van der Waals surface area contributed by atoms with Gasteiger partial charge in [0.2, 0.25) is 0 Å². The number of sulfone groups is 1. The van der Waals surface area contributed by atoms with E-state index in [0.717, 1.165) is 19.3 Å². The van der Waals surface area contributed by atoms with Gasteiger partial charge in [-0.25, -0.2) is 8.42 Å². The minimum atomic E-state index is -2.94. The van der Waals surface area contributed by atoms with Gasteiger partial charge in [-0.3, -0.25) is 4.79 Å². The van der Waals surface area contributed by atoms with Crippen molar-refractivity contribution in [1.29, 1.82) is 0 Å². The van der Waals surface area contributed by atoms with Crippen LogP contribution in [0.5, 0.6) is 0 Å². The van der Waals surface area contributed by atoms with Gasteiger partial charge in [0.15, 0.2) is 9.84 Å². The van der Waals surface area contributed by atoms with Gasteiger partial charge >= 0.3 is 0 Å². The van der Waals surface area contributed by atoms with E-state index in [-0.39, 0.29) is 22.2 Å². The molecule has 2 heterocycles. The normalized spacial score (nSPS) is 34.9. The molecular formula is C13H18O3S. The third-order valence-electron chi connectivity index (χ3n) is 4.05. The van der Waals surface area contributed by atoms with Gasteiger partial charge in [0.05, 0.1) is 10.5 Å². The zero-order chi connectivity index (χ0) is 12.5. The Kier molecular flexibility index (Phi) is 3.58. The van der Waals surface area contributed by atoms with Gasteiger partial charge in [0.25, 0.3) is 0 Å². The van der Waals surface area contributed by atoms with Gasteiger partial charge in [-0.15, -0.1) is 12.3 Å². The summed E-state index contributed by atoms with van der Waals surface area (Å²) < 4.78 is 24.1. The maximum Gasteiger partial charge on any atom is 0.156 e. The predicted molar refractivity (Wildman–Crippen MR) is 66.1 cm³/mol. The van der Waals surface area contributed by atoms with Crippen LogP contribution in [0.4, 0.5) is 0 Å². The van der Waals surface area contributed by atoms with Crippen LogP contribution < -0.4 is 0 Å². The Bertz CT molecular complexity index is 424. The number of carbonyl (C=O) groups excluding carboxylic acids is 1. The quantitative estimate of drug-likeness (QED) is 0.720. The number of terminal acetylenes is 1. The number of rotatable bonds is 3. The highest BCUT2D eigenvalue weighted by molar-refractivity contribution is 7.92. The number of Topliss-reactive ketones (excluding diaryl/α,β-unsaturated/α-hetero) is 1. The number of hydrogen-bond acceptors (Lipinski definition) is 3. The summed E-state index contributed by atoms with van der Waals surface area (Å²) >= 11 is 0. The first-order chi connectivity index (χ1) is 8.05. The van der Waals surface area contributed by atoms with Crippen molar-refractivity contribution in [2.45, 2.75) is 55.4 Å². The average molecular weight is 254 g/mol. The van der Waals surface area contributed by atoms with Crippen LogP contribution in [0.25, 0.3) is 0 Å². The van der Waals surface area contributed by atoms with Crippen LogP contribution >= 0.6 is 0 Å². The second kappa shape index (κ2) is 4.81. The summed E-state index contributed by atoms with van der Waals surface area (Å²) in [4.78, 5) is 11.9. The van der Waals surface area contributed by atoms with Crippen LogP contribution in [0.2, 0.25) is 0 Å². The topological polar surface area (TPSA) is 51.2 Å². The summed E-state index contributed by atoms with van der Waals surface area (Å²) in [5.41, 5.74) is 0. The lowest BCUT2D eigenvalue weighted by molar-refractivity contribution is -0.123. The Labute approximate surface area is 103 Å². The Morgan fingerprint density at radius 2 is 1.82 bits per heavy atom. The fourth-order valence-electron chi connectivity index (χ4n) is 3.07. The molecular weight excluding hydrogens is 236 g/mol. The van der Waals surface area contributed by atoms with Crippen molar-refractivity contribution in [1.82, 2.24) is 0 Å². The number of ketones is 1. The predicted octanol–water partition coefficient (Wildman–Crippen LogP) is 1.71. The Morgan fingerprint density at radius 1 is 1.24 bits per heavy atom. The highest BCUT2D eigenvalue weighted by Gasteiger charge is 2.45. The molecule has 0 aliphatic carbocycles. The molecule has 0 aromatic heterocycles. The first-order valence-electron chi connectivity index (χ1n) is 6.24. The van der Waals surface area contributed by atoms with Crippen LogP contribution in [0, 0.1) is 18.3 Å². The first-order valence-corrected chi connectivity index (χ1v) is 7.85. The molecule has 3 nitrogen and oxygen atoms in total. The smallest absolute Gasteiger partial charge is 0.156 e. The fourth-order valence-corrected chi connectivity index (χ4v) is 5.61. The van der Waals surface area contributed by atoms with Gasteiger partial charge in [0.1, 0.15) is 5.78 Å². The van der Waals surface area contributed by atoms with E-state index in [1.165, 1.54) is 0 Å². The van der Waals surface area contributed by atoms with E-state index in [0.29, 0.717) is 25.7 Å². The van der Waals surface area contributed by atoms with E-state index in [4.69, 9.17) is 6.42 Å². The largest absolute Gasteiger partial charge is 0.299 e. The van der Waals surface area contributed by atoms with Crippen molar-refractivity contribution in [3.63, 3.8) is 0 Å². The van der Waals surface area contributed by atoms with E-state index in [1.807, 2.05) is 0 Å². The first kappa shape index (κ1) is 12.6. The van der Waals surface area contributed by atoms with Crippen LogP contribution in [-0.4, -0.2) is 24.7 Å². The van der Waals surface area contributed by atoms with Crippen LogP contribution in [0.3, 0.4) is 0 Å². The molecule has 0 saturated carbocycles. The molecule has 0 aromatic carbocycles. The number of hydrogen-bond donors (Lipinski definition) is 0. The molecule has 0 aromatic rings. The molecule has 2 saturated heterocycles. The molecule has 0 radical (unpaired) electrons. The SMILES string of the molecule is C#CCCC(=O)C1CC2CCCC(C1)S2(=O)=O. The summed E-state index contributed by atoms with van der Waals surface area (Å²) in [7, 11) is -2.94. The second-order valence-corrected chi connectivity index (χ2v) is 7.61. The van der Waals surface area contributed by atoms with Gasteiger partial charge in [-0.05, 0) is 25.7 Å². The van der Waals surface area contributed by atoms with Crippen molar-refractivity contribution in [3.05, 3.63) is 0 Å². The fraction of sp³-hybridized carbons (Fsp3) is 0.769. The molecule has 2 atom stereocenters. The van der Waals surface area contributed by atoms with E-state index in [2.05, 4.69) is 5.92 Å². The number of carbonyl (C=O) groups is 1. The maximum atomic E-state index is 12.0. The molecule has 0 spiro atoms. The van der Waals surface area contributed by atoms with E-state index >= 15 is 0 Å². The number of fused-ring (bicyclic) bond motifs is 2. The molecule has 2 unspecified atom stereocenters. The van der Waals surface area contributed by atoms with Crippen molar-refractivity contribution < 1.29 is 13.2 Å². The summed E-state index contributed by atoms with van der Waals surface area (Å²) in [5, 5.41) is -0.537. The highest BCUT2D eigenvalue weighted by Crippen LogP contribution is 2.39. The molecule has 4 heteroatoms. The molecule has 17 heavy (non-hydrogen) atoms. The summed E-state index contributed by atoms with van der Waals surface area (Å²) in [6.45, 7) is 0. The summed E-state index contributed by atoms with van der Waals surface area (Å²) in [5.74, 6) is 2.56. The van der Waals surface area contributed by atoms with Crippen molar-refractivity contribution >= 4 is 15.6 Å². The molecule has 2 rings (SSSR count). The Hall–Kier alpha value is -0.820.